The van der Waals surface area contributed by atoms with Crippen LogP contribution in [-0.2, 0) is 6.54 Å². The molecule has 0 fully saturated rings. The van der Waals surface area contributed by atoms with Gasteiger partial charge in [0.2, 0.25) is 0 Å². The van der Waals surface area contributed by atoms with Crippen molar-refractivity contribution in [3.05, 3.63) is 47.5 Å². The molecule has 1 heterocycles. The predicted molar refractivity (Wildman–Crippen MR) is 66.8 cm³/mol. The summed E-state index contributed by atoms with van der Waals surface area (Å²) in [5, 5.41) is 10.0. The molecule has 0 saturated heterocycles. The predicted octanol–water partition coefficient (Wildman–Crippen LogP) is 2.41. The lowest BCUT2D eigenvalue weighted by Crippen LogP contribution is -2.19. The second-order valence-electron chi connectivity index (χ2n) is 4.07. The van der Waals surface area contributed by atoms with Crippen LogP contribution in [0, 0.1) is 5.82 Å². The number of hydrogen-bond donors (Lipinski definition) is 2. The monoisotopic (exact) mass is 249 g/mol. The maximum absolute atomic E-state index is 13.3. The summed E-state index contributed by atoms with van der Waals surface area (Å²) in [6, 6.07) is 6.40. The largest absolute Gasteiger partial charge is 0.496 e. The van der Waals surface area contributed by atoms with E-state index in [1.54, 1.807) is 19.4 Å². The number of methoxy groups -OCH3 is 1. The Balaban J connectivity index is 2.08. The first-order valence-electron chi connectivity index (χ1n) is 5.76. The van der Waals surface area contributed by atoms with Crippen molar-refractivity contribution in [3.63, 3.8) is 0 Å². The first-order chi connectivity index (χ1) is 8.70. The fourth-order valence-corrected chi connectivity index (χ4v) is 1.80. The van der Waals surface area contributed by atoms with Gasteiger partial charge in [-0.25, -0.2) is 4.39 Å². The van der Waals surface area contributed by atoms with Gasteiger partial charge in [0, 0.05) is 30.0 Å². The Kier molecular flexibility index (Phi) is 3.94. The lowest BCUT2D eigenvalue weighted by molar-refractivity contribution is 0.399. The van der Waals surface area contributed by atoms with Crippen LogP contribution in [0.3, 0.4) is 0 Å². The number of nitrogens with zero attached hydrogens (tertiary/aromatic N) is 1. The van der Waals surface area contributed by atoms with Crippen LogP contribution in [0.5, 0.6) is 5.75 Å². The highest BCUT2D eigenvalue weighted by Gasteiger charge is 2.12. The van der Waals surface area contributed by atoms with Crippen molar-refractivity contribution < 1.29 is 9.13 Å². The summed E-state index contributed by atoms with van der Waals surface area (Å²) in [5.41, 5.74) is 1.79. The molecule has 1 aromatic heterocycles. The molecule has 1 unspecified atom stereocenters. The van der Waals surface area contributed by atoms with E-state index in [4.69, 9.17) is 4.74 Å². The molecule has 5 heteroatoms. The van der Waals surface area contributed by atoms with Gasteiger partial charge in [0.05, 0.1) is 7.11 Å². The van der Waals surface area contributed by atoms with Crippen LogP contribution in [-0.4, -0.2) is 17.3 Å². The van der Waals surface area contributed by atoms with Gasteiger partial charge < -0.3 is 10.1 Å². The summed E-state index contributed by atoms with van der Waals surface area (Å²) >= 11 is 0. The number of hydrogen-bond acceptors (Lipinski definition) is 3. The first-order valence-corrected chi connectivity index (χ1v) is 5.76. The molecular weight excluding hydrogens is 233 g/mol. The number of ether oxygens (including phenoxy) is 1. The zero-order chi connectivity index (χ0) is 13.0. The fraction of sp³-hybridized carbons (Fsp3) is 0.308. The van der Waals surface area contributed by atoms with Gasteiger partial charge in [0.1, 0.15) is 11.6 Å². The molecule has 0 bridgehead atoms. The second-order valence-corrected chi connectivity index (χ2v) is 4.07. The smallest absolute Gasteiger partial charge is 0.123 e. The lowest BCUT2D eigenvalue weighted by atomic mass is 10.1. The molecule has 18 heavy (non-hydrogen) atoms. The Labute approximate surface area is 105 Å². The van der Waals surface area contributed by atoms with Gasteiger partial charge in [-0.2, -0.15) is 5.10 Å². The Morgan fingerprint density at radius 3 is 2.94 bits per heavy atom. The molecular formula is C13H16FN3O. The molecule has 96 valence electrons. The van der Waals surface area contributed by atoms with Crippen LogP contribution in [0.15, 0.2) is 30.5 Å². The average Bonchev–Trinajstić information content (AvgIpc) is 2.89. The summed E-state index contributed by atoms with van der Waals surface area (Å²) in [6.07, 6.45) is 1.70. The molecule has 0 radical (unpaired) electrons. The van der Waals surface area contributed by atoms with Crippen molar-refractivity contribution in [2.45, 2.75) is 19.5 Å². The van der Waals surface area contributed by atoms with Crippen LogP contribution < -0.4 is 10.1 Å². The quantitative estimate of drug-likeness (QED) is 0.855. The number of rotatable bonds is 5. The van der Waals surface area contributed by atoms with Crippen LogP contribution in [0.1, 0.15) is 24.2 Å². The van der Waals surface area contributed by atoms with E-state index in [1.807, 2.05) is 13.0 Å². The van der Waals surface area contributed by atoms with Gasteiger partial charge in [-0.3, -0.25) is 5.10 Å². The zero-order valence-electron chi connectivity index (χ0n) is 10.4. The molecule has 1 aromatic carbocycles. The van der Waals surface area contributed by atoms with Crippen LogP contribution >= 0.6 is 0 Å². The van der Waals surface area contributed by atoms with Gasteiger partial charge in [0.15, 0.2) is 0 Å². The maximum Gasteiger partial charge on any atom is 0.123 e. The number of aromatic amines is 1. The highest BCUT2D eigenvalue weighted by molar-refractivity contribution is 5.36. The molecule has 2 N–H and O–H groups in total. The van der Waals surface area contributed by atoms with Crippen molar-refractivity contribution in [1.82, 2.24) is 15.5 Å². The highest BCUT2D eigenvalue weighted by atomic mass is 19.1. The topological polar surface area (TPSA) is 49.9 Å². The molecule has 0 aliphatic carbocycles. The van der Waals surface area contributed by atoms with E-state index in [0.717, 1.165) is 11.3 Å². The van der Waals surface area contributed by atoms with Crippen LogP contribution in [0.2, 0.25) is 0 Å². The average molecular weight is 249 g/mol. The lowest BCUT2D eigenvalue weighted by Gasteiger charge is -2.17. The molecule has 0 aliphatic heterocycles. The molecule has 1 atom stereocenters. The molecule has 0 amide bonds. The van der Waals surface area contributed by atoms with E-state index in [9.17, 15) is 4.39 Å². The molecule has 0 aliphatic rings. The summed E-state index contributed by atoms with van der Waals surface area (Å²) in [6.45, 7) is 2.61. The Hall–Kier alpha value is -1.88. The minimum absolute atomic E-state index is 0.0149. The van der Waals surface area contributed by atoms with E-state index in [1.165, 1.54) is 12.1 Å². The third-order valence-electron chi connectivity index (χ3n) is 2.82. The Morgan fingerprint density at radius 1 is 1.44 bits per heavy atom. The summed E-state index contributed by atoms with van der Waals surface area (Å²) < 4.78 is 18.5. The Morgan fingerprint density at radius 2 is 2.28 bits per heavy atom. The van der Waals surface area contributed by atoms with Gasteiger partial charge in [-0.15, -0.1) is 0 Å². The summed E-state index contributed by atoms with van der Waals surface area (Å²) in [7, 11) is 1.58. The molecule has 2 rings (SSSR count). The SMILES string of the molecule is COc1ccc(F)cc1C(C)NCc1ccn[nH]1. The van der Waals surface area contributed by atoms with Gasteiger partial charge in [-0.05, 0) is 31.2 Å². The van der Waals surface area contributed by atoms with Crippen LogP contribution in [0.4, 0.5) is 4.39 Å². The van der Waals surface area contributed by atoms with Crippen molar-refractivity contribution in [2.75, 3.05) is 7.11 Å². The van der Waals surface area contributed by atoms with E-state index in [2.05, 4.69) is 15.5 Å². The maximum atomic E-state index is 13.3. The van der Waals surface area contributed by atoms with E-state index in [0.29, 0.717) is 12.3 Å². The van der Waals surface area contributed by atoms with Crippen molar-refractivity contribution in [2.24, 2.45) is 0 Å². The molecule has 0 spiro atoms. The van der Waals surface area contributed by atoms with Gasteiger partial charge in [0.25, 0.3) is 0 Å². The van der Waals surface area contributed by atoms with E-state index >= 15 is 0 Å². The van der Waals surface area contributed by atoms with E-state index in [-0.39, 0.29) is 11.9 Å². The standard InChI is InChI=1S/C13H16FN3O/c1-9(15-8-11-5-6-16-17-11)12-7-10(14)3-4-13(12)18-2/h3-7,9,15H,8H2,1-2H3,(H,16,17). The van der Waals surface area contributed by atoms with Crippen molar-refractivity contribution in [3.8, 4) is 5.75 Å². The summed E-state index contributed by atoms with van der Waals surface area (Å²) in [5.74, 6) is 0.419. The minimum atomic E-state index is -0.263. The normalized spacial score (nSPS) is 12.4. The Bertz CT molecular complexity index is 499. The van der Waals surface area contributed by atoms with Crippen molar-refractivity contribution in [1.29, 1.82) is 0 Å². The van der Waals surface area contributed by atoms with Gasteiger partial charge in [-0.1, -0.05) is 0 Å². The summed E-state index contributed by atoms with van der Waals surface area (Å²) in [4.78, 5) is 0. The first kappa shape index (κ1) is 12.6. The number of benzene rings is 1. The zero-order valence-corrected chi connectivity index (χ0v) is 10.4. The highest BCUT2D eigenvalue weighted by Crippen LogP contribution is 2.25. The van der Waals surface area contributed by atoms with Crippen LogP contribution in [0.25, 0.3) is 0 Å². The number of nitrogens with one attached hydrogen (secondary N) is 2. The fourth-order valence-electron chi connectivity index (χ4n) is 1.80. The number of H-pyrrole nitrogens is 1. The molecule has 0 saturated carbocycles. The van der Waals surface area contributed by atoms with Gasteiger partial charge >= 0.3 is 0 Å². The number of halogens is 1. The molecule has 4 nitrogen and oxygen atoms in total. The van der Waals surface area contributed by atoms with Crippen molar-refractivity contribution >= 4 is 0 Å². The molecule has 2 aromatic rings. The minimum Gasteiger partial charge on any atom is -0.496 e. The third kappa shape index (κ3) is 2.87. The number of aromatic nitrogens is 2. The van der Waals surface area contributed by atoms with E-state index < -0.39 is 0 Å². The second kappa shape index (κ2) is 5.64. The third-order valence-corrected chi connectivity index (χ3v) is 2.82.